The van der Waals surface area contributed by atoms with E-state index in [2.05, 4.69) is 20.5 Å². The van der Waals surface area contributed by atoms with Crippen LogP contribution >= 0.6 is 0 Å². The van der Waals surface area contributed by atoms with E-state index in [1.807, 2.05) is 19.9 Å². The van der Waals surface area contributed by atoms with Crippen molar-refractivity contribution in [2.75, 3.05) is 39.3 Å². The fraction of sp³-hybridized carbons (Fsp3) is 0.667. The molecule has 0 aromatic heterocycles. The molecule has 1 aliphatic heterocycles. The quantitative estimate of drug-likeness (QED) is 0.347. The number of likely N-dealkylation sites (tertiary alicyclic amines) is 1. The van der Waals surface area contributed by atoms with E-state index in [0.29, 0.717) is 18.1 Å². The number of benzene rings is 1. The summed E-state index contributed by atoms with van der Waals surface area (Å²) < 4.78 is 42.5. The Morgan fingerprint density at radius 3 is 2.62 bits per heavy atom. The summed E-state index contributed by atoms with van der Waals surface area (Å²) in [5.41, 5.74) is 1.48. The molecule has 29 heavy (non-hydrogen) atoms. The third kappa shape index (κ3) is 9.39. The summed E-state index contributed by atoms with van der Waals surface area (Å²) in [5.74, 6) is 0.892. The minimum absolute atomic E-state index is 0.229. The maximum Gasteiger partial charge on any atom is 0.422 e. The molecular weight excluding hydrogens is 381 g/mol. The molecule has 164 valence electrons. The van der Waals surface area contributed by atoms with E-state index < -0.39 is 12.8 Å². The van der Waals surface area contributed by atoms with Crippen LogP contribution in [0.5, 0.6) is 5.75 Å². The largest absolute Gasteiger partial charge is 0.484 e. The van der Waals surface area contributed by atoms with Gasteiger partial charge in [-0.3, -0.25) is 0 Å². The van der Waals surface area contributed by atoms with Crippen LogP contribution in [0, 0.1) is 6.92 Å². The van der Waals surface area contributed by atoms with Gasteiger partial charge in [-0.1, -0.05) is 12.1 Å². The van der Waals surface area contributed by atoms with Crippen LogP contribution in [0.25, 0.3) is 0 Å². The van der Waals surface area contributed by atoms with Gasteiger partial charge < -0.3 is 20.3 Å². The summed E-state index contributed by atoms with van der Waals surface area (Å²) >= 11 is 0. The molecule has 0 saturated carbocycles. The zero-order valence-corrected chi connectivity index (χ0v) is 17.4. The van der Waals surface area contributed by atoms with Crippen LogP contribution < -0.4 is 15.4 Å². The second-order valence-corrected chi connectivity index (χ2v) is 7.39. The molecule has 5 nitrogen and oxygen atoms in total. The van der Waals surface area contributed by atoms with E-state index in [9.17, 15) is 13.2 Å². The minimum Gasteiger partial charge on any atom is -0.484 e. The molecular formula is C21H33F3N4O. The smallest absolute Gasteiger partial charge is 0.422 e. The Labute approximate surface area is 171 Å². The molecule has 1 aromatic rings. The van der Waals surface area contributed by atoms with Crippen LogP contribution in [0.1, 0.15) is 43.7 Å². The van der Waals surface area contributed by atoms with Crippen molar-refractivity contribution in [1.29, 1.82) is 0 Å². The van der Waals surface area contributed by atoms with Gasteiger partial charge >= 0.3 is 6.18 Å². The zero-order valence-electron chi connectivity index (χ0n) is 17.4. The van der Waals surface area contributed by atoms with E-state index >= 15 is 0 Å². The third-order valence-electron chi connectivity index (χ3n) is 4.76. The van der Waals surface area contributed by atoms with Crippen molar-refractivity contribution in [3.63, 3.8) is 0 Å². The fourth-order valence-corrected chi connectivity index (χ4v) is 3.27. The molecule has 1 saturated heterocycles. The molecule has 1 aromatic carbocycles. The van der Waals surface area contributed by atoms with Crippen LogP contribution in [0.15, 0.2) is 23.2 Å². The third-order valence-corrected chi connectivity index (χ3v) is 4.76. The normalized spacial score (nSPS) is 15.6. The first-order chi connectivity index (χ1) is 13.9. The van der Waals surface area contributed by atoms with Crippen molar-refractivity contribution in [1.82, 2.24) is 15.5 Å². The standard InChI is InChI=1S/C21H33F3N4O/c1-3-25-20(26-10-4-5-11-28-12-6-7-13-28)27-15-18-9-8-17(2)14-19(18)29-16-21(22,23)24/h8-9,14H,3-7,10-13,15-16H2,1-2H3,(H2,25,26,27). The number of hydrogen-bond donors (Lipinski definition) is 2. The lowest BCUT2D eigenvalue weighted by Crippen LogP contribution is -2.38. The summed E-state index contributed by atoms with van der Waals surface area (Å²) in [4.78, 5) is 7.02. The topological polar surface area (TPSA) is 48.9 Å². The summed E-state index contributed by atoms with van der Waals surface area (Å²) in [6, 6.07) is 5.24. The van der Waals surface area contributed by atoms with Crippen LogP contribution in [0.2, 0.25) is 0 Å². The molecule has 0 unspecified atom stereocenters. The number of ether oxygens (including phenoxy) is 1. The Hall–Kier alpha value is -1.96. The molecule has 8 heteroatoms. The van der Waals surface area contributed by atoms with Crippen molar-refractivity contribution < 1.29 is 17.9 Å². The first-order valence-corrected chi connectivity index (χ1v) is 10.4. The monoisotopic (exact) mass is 414 g/mol. The Morgan fingerprint density at radius 1 is 1.17 bits per heavy atom. The van der Waals surface area contributed by atoms with Crippen molar-refractivity contribution in [2.24, 2.45) is 4.99 Å². The van der Waals surface area contributed by atoms with Gasteiger partial charge in [0, 0.05) is 18.7 Å². The lowest BCUT2D eigenvalue weighted by atomic mass is 10.1. The number of guanidine groups is 1. The average Bonchev–Trinajstić information content (AvgIpc) is 3.18. The molecule has 0 atom stereocenters. The van der Waals surface area contributed by atoms with Gasteiger partial charge in [-0.05, 0) is 70.8 Å². The highest BCUT2D eigenvalue weighted by Crippen LogP contribution is 2.24. The van der Waals surface area contributed by atoms with E-state index in [4.69, 9.17) is 4.74 Å². The first kappa shape index (κ1) is 23.3. The van der Waals surface area contributed by atoms with E-state index in [-0.39, 0.29) is 12.3 Å². The number of aryl methyl sites for hydroxylation is 1. The molecule has 0 spiro atoms. The van der Waals surface area contributed by atoms with Crippen LogP contribution in [0.4, 0.5) is 13.2 Å². The van der Waals surface area contributed by atoms with E-state index in [0.717, 1.165) is 31.5 Å². The first-order valence-electron chi connectivity index (χ1n) is 10.4. The van der Waals surface area contributed by atoms with Crippen LogP contribution in [0.3, 0.4) is 0 Å². The van der Waals surface area contributed by atoms with Crippen molar-refractivity contribution in [3.05, 3.63) is 29.3 Å². The van der Waals surface area contributed by atoms with Gasteiger partial charge in [-0.25, -0.2) is 4.99 Å². The van der Waals surface area contributed by atoms with Crippen LogP contribution in [-0.4, -0.2) is 56.4 Å². The Kier molecular flexibility index (Phi) is 9.57. The van der Waals surface area contributed by atoms with Gasteiger partial charge in [-0.2, -0.15) is 13.2 Å². The second-order valence-electron chi connectivity index (χ2n) is 7.39. The maximum atomic E-state index is 12.5. The Morgan fingerprint density at radius 2 is 1.93 bits per heavy atom. The van der Waals surface area contributed by atoms with Crippen molar-refractivity contribution in [3.8, 4) is 5.75 Å². The molecule has 0 amide bonds. The highest BCUT2D eigenvalue weighted by atomic mass is 19.4. The van der Waals surface area contributed by atoms with Gasteiger partial charge in [0.25, 0.3) is 0 Å². The molecule has 0 aliphatic carbocycles. The minimum atomic E-state index is -4.37. The summed E-state index contributed by atoms with van der Waals surface area (Å²) in [6.45, 7) is 7.84. The number of aliphatic imine (C=N–C) groups is 1. The number of hydrogen-bond acceptors (Lipinski definition) is 3. The molecule has 1 heterocycles. The summed E-state index contributed by atoms with van der Waals surface area (Å²) in [6.07, 6.45) is 0.438. The Bertz CT molecular complexity index is 643. The number of alkyl halides is 3. The number of nitrogens with zero attached hydrogens (tertiary/aromatic N) is 2. The van der Waals surface area contributed by atoms with Gasteiger partial charge in [0.05, 0.1) is 6.54 Å². The van der Waals surface area contributed by atoms with E-state index in [1.165, 1.54) is 25.9 Å². The van der Waals surface area contributed by atoms with Gasteiger partial charge in [0.1, 0.15) is 5.75 Å². The SMILES string of the molecule is CCNC(=NCc1ccc(C)cc1OCC(F)(F)F)NCCCCN1CCCC1. The van der Waals surface area contributed by atoms with Crippen LogP contribution in [-0.2, 0) is 6.54 Å². The zero-order chi connectivity index (χ0) is 21.1. The molecule has 2 rings (SSSR count). The summed E-state index contributed by atoms with van der Waals surface area (Å²) in [5, 5.41) is 6.48. The molecule has 1 aliphatic rings. The molecule has 0 radical (unpaired) electrons. The predicted molar refractivity (Wildman–Crippen MR) is 110 cm³/mol. The highest BCUT2D eigenvalue weighted by molar-refractivity contribution is 5.79. The lowest BCUT2D eigenvalue weighted by molar-refractivity contribution is -0.153. The molecule has 0 bridgehead atoms. The van der Waals surface area contributed by atoms with E-state index in [1.54, 1.807) is 12.1 Å². The predicted octanol–water partition coefficient (Wildman–Crippen LogP) is 3.87. The maximum absolute atomic E-state index is 12.5. The number of rotatable bonds is 10. The second kappa shape index (κ2) is 11.9. The van der Waals surface area contributed by atoms with Crippen molar-refractivity contribution >= 4 is 5.96 Å². The van der Waals surface area contributed by atoms with Crippen molar-refractivity contribution in [2.45, 2.75) is 52.3 Å². The summed E-state index contributed by atoms with van der Waals surface area (Å²) in [7, 11) is 0. The lowest BCUT2D eigenvalue weighted by Gasteiger charge is -2.16. The number of nitrogens with one attached hydrogen (secondary N) is 2. The number of halogens is 3. The van der Waals surface area contributed by atoms with Gasteiger partial charge in [-0.15, -0.1) is 0 Å². The van der Waals surface area contributed by atoms with Gasteiger partial charge in [0.15, 0.2) is 12.6 Å². The fourth-order valence-electron chi connectivity index (χ4n) is 3.27. The molecule has 1 fully saturated rings. The average molecular weight is 415 g/mol. The number of unbranched alkanes of at least 4 members (excludes halogenated alkanes) is 1. The highest BCUT2D eigenvalue weighted by Gasteiger charge is 2.28. The van der Waals surface area contributed by atoms with Gasteiger partial charge in [0.2, 0.25) is 0 Å². The molecule has 2 N–H and O–H groups in total. The Balaban J connectivity index is 1.86.